The Kier molecular flexibility index (Phi) is 4.21. The van der Waals surface area contributed by atoms with E-state index < -0.39 is 0 Å². The van der Waals surface area contributed by atoms with Crippen LogP contribution in [0.2, 0.25) is 5.02 Å². The van der Waals surface area contributed by atoms with Crippen molar-refractivity contribution in [1.82, 2.24) is 0 Å². The predicted octanol–water partition coefficient (Wildman–Crippen LogP) is 3.86. The number of hydrogen-bond acceptors (Lipinski definition) is 2. The van der Waals surface area contributed by atoms with Crippen molar-refractivity contribution in [2.75, 3.05) is 0 Å². The lowest BCUT2D eigenvalue weighted by atomic mass is 10.0. The lowest BCUT2D eigenvalue weighted by Crippen LogP contribution is -2.13. The third-order valence-electron chi connectivity index (χ3n) is 2.68. The van der Waals surface area contributed by atoms with E-state index >= 15 is 0 Å². The zero-order valence-corrected chi connectivity index (χ0v) is 11.3. The molecule has 3 heteroatoms. The molecule has 1 nitrogen and oxygen atoms in total. The zero-order chi connectivity index (χ0) is 12.3. The Bertz CT molecular complexity index is 479. The van der Waals surface area contributed by atoms with E-state index in [1.807, 2.05) is 42.6 Å². The van der Waals surface area contributed by atoms with Gasteiger partial charge in [-0.15, -0.1) is 11.3 Å². The van der Waals surface area contributed by atoms with Gasteiger partial charge in [0.25, 0.3) is 0 Å². The molecule has 0 aliphatic rings. The van der Waals surface area contributed by atoms with Gasteiger partial charge in [0.2, 0.25) is 0 Å². The number of rotatable bonds is 4. The van der Waals surface area contributed by atoms with Crippen molar-refractivity contribution in [2.45, 2.75) is 25.9 Å². The number of hydrogen-bond donors (Lipinski definition) is 1. The molecule has 1 atom stereocenters. The smallest absolute Gasteiger partial charge is 0.0629 e. The monoisotopic (exact) mass is 266 g/mol. The van der Waals surface area contributed by atoms with Gasteiger partial charge in [0.1, 0.15) is 0 Å². The summed E-state index contributed by atoms with van der Waals surface area (Å²) in [4.78, 5) is 1.21. The van der Waals surface area contributed by atoms with E-state index in [1.54, 1.807) is 11.3 Å². The molecule has 0 spiro atoms. The van der Waals surface area contributed by atoms with Crippen molar-refractivity contribution in [1.29, 1.82) is 0 Å². The molecule has 1 aromatic carbocycles. The first kappa shape index (κ1) is 12.6. The minimum Gasteiger partial charge on any atom is -0.392 e. The van der Waals surface area contributed by atoms with E-state index in [-0.39, 0.29) is 6.10 Å². The molecule has 1 aromatic heterocycles. The van der Waals surface area contributed by atoms with Crippen molar-refractivity contribution in [3.63, 3.8) is 0 Å². The van der Waals surface area contributed by atoms with Gasteiger partial charge >= 0.3 is 0 Å². The maximum Gasteiger partial charge on any atom is 0.0629 e. The Morgan fingerprint density at radius 3 is 2.76 bits per heavy atom. The first-order chi connectivity index (χ1) is 8.15. The fraction of sp³-hybridized carbons (Fsp3) is 0.286. The second kappa shape index (κ2) is 5.67. The lowest BCUT2D eigenvalue weighted by molar-refractivity contribution is 0.176. The second-order valence-electron chi connectivity index (χ2n) is 4.24. The fourth-order valence-electron chi connectivity index (χ4n) is 1.80. The van der Waals surface area contributed by atoms with E-state index in [9.17, 15) is 5.11 Å². The molecule has 0 amide bonds. The molecule has 2 aromatic rings. The van der Waals surface area contributed by atoms with Crippen LogP contribution in [0.1, 0.15) is 16.0 Å². The van der Waals surface area contributed by atoms with Crippen molar-refractivity contribution in [3.05, 3.63) is 56.7 Å². The minimum absolute atomic E-state index is 0.367. The molecule has 0 radical (unpaired) electrons. The molecule has 17 heavy (non-hydrogen) atoms. The molecule has 1 unspecified atom stereocenters. The highest BCUT2D eigenvalue weighted by Crippen LogP contribution is 2.20. The number of thiophene rings is 1. The quantitative estimate of drug-likeness (QED) is 0.891. The third-order valence-corrected chi connectivity index (χ3v) is 3.93. The van der Waals surface area contributed by atoms with Gasteiger partial charge < -0.3 is 5.11 Å². The Morgan fingerprint density at radius 1 is 1.29 bits per heavy atom. The summed E-state index contributed by atoms with van der Waals surface area (Å²) in [5.41, 5.74) is 2.16. The van der Waals surface area contributed by atoms with Crippen LogP contribution in [-0.4, -0.2) is 11.2 Å². The van der Waals surface area contributed by atoms with Crippen LogP contribution in [0, 0.1) is 6.92 Å². The van der Waals surface area contributed by atoms with Gasteiger partial charge in [-0.25, -0.2) is 0 Å². The molecule has 1 heterocycles. The summed E-state index contributed by atoms with van der Waals surface area (Å²) in [6, 6.07) is 10.0. The second-order valence-corrected chi connectivity index (χ2v) is 5.68. The van der Waals surface area contributed by atoms with Crippen LogP contribution in [-0.2, 0) is 12.8 Å². The maximum absolute atomic E-state index is 10.0. The highest BCUT2D eigenvalue weighted by atomic mass is 35.5. The number of aliphatic hydroxyl groups excluding tert-OH is 1. The standard InChI is InChI=1S/C14H15ClOS/c1-10-4-5-11(14(15)7-10)8-12(16)9-13-3-2-6-17-13/h2-7,12,16H,8-9H2,1H3. The first-order valence-corrected chi connectivity index (χ1v) is 6.86. The van der Waals surface area contributed by atoms with E-state index in [1.165, 1.54) is 4.88 Å². The molecule has 0 aliphatic carbocycles. The van der Waals surface area contributed by atoms with E-state index in [0.717, 1.165) is 16.1 Å². The molecule has 0 fully saturated rings. The van der Waals surface area contributed by atoms with Crippen molar-refractivity contribution in [3.8, 4) is 0 Å². The van der Waals surface area contributed by atoms with Crippen molar-refractivity contribution < 1.29 is 5.11 Å². The Morgan fingerprint density at radius 2 is 2.12 bits per heavy atom. The topological polar surface area (TPSA) is 20.2 Å². The largest absolute Gasteiger partial charge is 0.392 e. The van der Waals surface area contributed by atoms with Gasteiger partial charge in [-0.1, -0.05) is 29.8 Å². The van der Waals surface area contributed by atoms with E-state index in [2.05, 4.69) is 0 Å². The Labute approximate surface area is 111 Å². The van der Waals surface area contributed by atoms with Crippen molar-refractivity contribution >= 4 is 22.9 Å². The lowest BCUT2D eigenvalue weighted by Gasteiger charge is -2.11. The molecule has 0 saturated carbocycles. The molecule has 2 rings (SSSR count). The molecule has 0 aliphatic heterocycles. The average Bonchev–Trinajstić information content (AvgIpc) is 2.75. The van der Waals surface area contributed by atoms with Gasteiger partial charge in [-0.3, -0.25) is 0 Å². The van der Waals surface area contributed by atoms with Crippen LogP contribution < -0.4 is 0 Å². The summed E-state index contributed by atoms with van der Waals surface area (Å²) in [7, 11) is 0. The van der Waals surface area contributed by atoms with Crippen LogP contribution in [0.5, 0.6) is 0 Å². The Balaban J connectivity index is 2.00. The van der Waals surface area contributed by atoms with Crippen molar-refractivity contribution in [2.24, 2.45) is 0 Å². The maximum atomic E-state index is 10.0. The van der Waals surface area contributed by atoms with Crippen LogP contribution in [0.4, 0.5) is 0 Å². The molecule has 0 bridgehead atoms. The average molecular weight is 267 g/mol. The molecule has 0 saturated heterocycles. The number of aryl methyl sites for hydroxylation is 1. The normalized spacial score (nSPS) is 12.6. The van der Waals surface area contributed by atoms with Gasteiger partial charge in [0.15, 0.2) is 0 Å². The highest BCUT2D eigenvalue weighted by Gasteiger charge is 2.10. The van der Waals surface area contributed by atoms with Crippen LogP contribution in [0.25, 0.3) is 0 Å². The number of benzene rings is 1. The number of halogens is 1. The molecule has 1 N–H and O–H groups in total. The molecular weight excluding hydrogens is 252 g/mol. The van der Waals surface area contributed by atoms with Crippen LogP contribution >= 0.6 is 22.9 Å². The fourth-order valence-corrected chi connectivity index (χ4v) is 2.89. The van der Waals surface area contributed by atoms with Gasteiger partial charge in [-0.2, -0.15) is 0 Å². The summed E-state index contributed by atoms with van der Waals surface area (Å²) in [6.07, 6.45) is 0.938. The summed E-state index contributed by atoms with van der Waals surface area (Å²) in [5, 5.41) is 12.8. The van der Waals surface area contributed by atoms with Gasteiger partial charge in [0, 0.05) is 22.7 Å². The summed E-state index contributed by atoms with van der Waals surface area (Å²) >= 11 is 7.82. The number of aliphatic hydroxyl groups is 1. The minimum atomic E-state index is -0.367. The highest BCUT2D eigenvalue weighted by molar-refractivity contribution is 7.09. The summed E-state index contributed by atoms with van der Waals surface area (Å²) < 4.78 is 0. The van der Waals surface area contributed by atoms with E-state index in [0.29, 0.717) is 12.8 Å². The van der Waals surface area contributed by atoms with E-state index in [4.69, 9.17) is 11.6 Å². The van der Waals surface area contributed by atoms with Crippen LogP contribution in [0.3, 0.4) is 0 Å². The van der Waals surface area contributed by atoms with Gasteiger partial charge in [0.05, 0.1) is 6.10 Å². The summed E-state index contributed by atoms with van der Waals surface area (Å²) in [5.74, 6) is 0. The predicted molar refractivity (Wildman–Crippen MR) is 73.9 cm³/mol. The van der Waals surface area contributed by atoms with Gasteiger partial charge in [-0.05, 0) is 35.6 Å². The zero-order valence-electron chi connectivity index (χ0n) is 9.69. The SMILES string of the molecule is Cc1ccc(CC(O)Cc2cccs2)c(Cl)c1. The summed E-state index contributed by atoms with van der Waals surface area (Å²) in [6.45, 7) is 2.01. The Hall–Kier alpha value is -0.830. The molecular formula is C14H15ClOS. The first-order valence-electron chi connectivity index (χ1n) is 5.60. The van der Waals surface area contributed by atoms with Crippen LogP contribution in [0.15, 0.2) is 35.7 Å². The third kappa shape index (κ3) is 3.56. The molecule has 90 valence electrons.